The Morgan fingerprint density at radius 3 is 2.08 bits per heavy atom. The third kappa shape index (κ3) is 1.47. The van der Waals surface area contributed by atoms with E-state index in [1.807, 2.05) is 0 Å². The SMILES string of the molecule is O=CC1OC(O)C(O)C(O)C1O. The van der Waals surface area contributed by atoms with Crippen LogP contribution in [0.5, 0.6) is 0 Å². The molecule has 4 N–H and O–H groups in total. The molecule has 0 radical (unpaired) electrons. The van der Waals surface area contributed by atoms with Crippen LogP contribution in [0.4, 0.5) is 0 Å². The fraction of sp³-hybridized carbons (Fsp3) is 0.833. The van der Waals surface area contributed by atoms with E-state index in [1.165, 1.54) is 0 Å². The van der Waals surface area contributed by atoms with Gasteiger partial charge in [0.25, 0.3) is 0 Å². The second kappa shape index (κ2) is 3.46. The van der Waals surface area contributed by atoms with Crippen molar-refractivity contribution in [1.82, 2.24) is 0 Å². The first-order chi connectivity index (χ1) is 5.57. The number of aliphatic hydroxyl groups excluding tert-OH is 4. The van der Waals surface area contributed by atoms with Gasteiger partial charge in [-0.2, -0.15) is 0 Å². The molecule has 12 heavy (non-hydrogen) atoms. The second-order valence-corrected chi connectivity index (χ2v) is 2.60. The third-order valence-electron chi connectivity index (χ3n) is 1.76. The van der Waals surface area contributed by atoms with Crippen molar-refractivity contribution in [1.29, 1.82) is 0 Å². The van der Waals surface area contributed by atoms with Crippen LogP contribution in [0.1, 0.15) is 0 Å². The van der Waals surface area contributed by atoms with Gasteiger partial charge in [-0.05, 0) is 0 Å². The van der Waals surface area contributed by atoms with Crippen molar-refractivity contribution < 1.29 is 30.0 Å². The van der Waals surface area contributed by atoms with Crippen molar-refractivity contribution in [2.45, 2.75) is 30.7 Å². The van der Waals surface area contributed by atoms with Crippen molar-refractivity contribution in [2.24, 2.45) is 0 Å². The molecule has 5 atom stereocenters. The van der Waals surface area contributed by atoms with Crippen LogP contribution in [0.25, 0.3) is 0 Å². The van der Waals surface area contributed by atoms with Crippen molar-refractivity contribution >= 4 is 6.29 Å². The average molecular weight is 178 g/mol. The normalized spacial score (nSPS) is 48.8. The van der Waals surface area contributed by atoms with Gasteiger partial charge in [0, 0.05) is 0 Å². The van der Waals surface area contributed by atoms with E-state index in [0.29, 0.717) is 0 Å². The van der Waals surface area contributed by atoms with Crippen LogP contribution in [0.2, 0.25) is 0 Å². The number of ether oxygens (including phenoxy) is 1. The number of carbonyl (C=O) groups excluding carboxylic acids is 1. The number of hydrogen-bond acceptors (Lipinski definition) is 6. The molecule has 0 aromatic carbocycles. The molecule has 0 aliphatic carbocycles. The molecule has 0 aromatic heterocycles. The van der Waals surface area contributed by atoms with Crippen LogP contribution in [-0.4, -0.2) is 57.4 Å². The molecule has 1 aliphatic rings. The van der Waals surface area contributed by atoms with Gasteiger partial charge in [-0.25, -0.2) is 0 Å². The van der Waals surface area contributed by atoms with Gasteiger partial charge >= 0.3 is 0 Å². The molecule has 0 bridgehead atoms. The Morgan fingerprint density at radius 1 is 1.00 bits per heavy atom. The van der Waals surface area contributed by atoms with Gasteiger partial charge in [0.05, 0.1) is 0 Å². The smallest absolute Gasteiger partial charge is 0.184 e. The van der Waals surface area contributed by atoms with Crippen LogP contribution < -0.4 is 0 Å². The maximum absolute atomic E-state index is 10.2. The molecule has 6 heteroatoms. The molecule has 0 spiro atoms. The molecule has 1 heterocycles. The summed E-state index contributed by atoms with van der Waals surface area (Å²) in [5.74, 6) is 0. The van der Waals surface area contributed by atoms with Crippen LogP contribution in [0.3, 0.4) is 0 Å². The molecule has 1 aliphatic heterocycles. The summed E-state index contributed by atoms with van der Waals surface area (Å²) in [5, 5.41) is 35.9. The Hall–Kier alpha value is -0.530. The lowest BCUT2D eigenvalue weighted by molar-refractivity contribution is -0.272. The summed E-state index contributed by atoms with van der Waals surface area (Å²) in [7, 11) is 0. The van der Waals surface area contributed by atoms with Gasteiger partial charge in [0.1, 0.15) is 24.4 Å². The molecule has 0 amide bonds. The number of aliphatic hydroxyl groups is 4. The molecule has 1 rings (SSSR count). The van der Waals surface area contributed by atoms with E-state index in [9.17, 15) is 4.79 Å². The van der Waals surface area contributed by atoms with Gasteiger partial charge in [-0.15, -0.1) is 0 Å². The van der Waals surface area contributed by atoms with Gasteiger partial charge in [-0.3, -0.25) is 0 Å². The van der Waals surface area contributed by atoms with Crippen molar-refractivity contribution in [3.63, 3.8) is 0 Å². The zero-order valence-corrected chi connectivity index (χ0v) is 6.07. The van der Waals surface area contributed by atoms with E-state index in [1.54, 1.807) is 0 Å². The minimum Gasteiger partial charge on any atom is -0.387 e. The maximum atomic E-state index is 10.2. The monoisotopic (exact) mass is 178 g/mol. The first-order valence-electron chi connectivity index (χ1n) is 3.41. The van der Waals surface area contributed by atoms with Crippen LogP contribution in [0, 0.1) is 0 Å². The highest BCUT2D eigenvalue weighted by Crippen LogP contribution is 2.18. The number of rotatable bonds is 1. The molecule has 6 nitrogen and oxygen atoms in total. The Kier molecular flexibility index (Phi) is 2.76. The van der Waals surface area contributed by atoms with Gasteiger partial charge < -0.3 is 30.0 Å². The third-order valence-corrected chi connectivity index (χ3v) is 1.76. The summed E-state index contributed by atoms with van der Waals surface area (Å²) in [5.41, 5.74) is 0. The Balaban J connectivity index is 2.70. The first-order valence-corrected chi connectivity index (χ1v) is 3.41. The van der Waals surface area contributed by atoms with Crippen molar-refractivity contribution in [3.05, 3.63) is 0 Å². The van der Waals surface area contributed by atoms with E-state index in [0.717, 1.165) is 0 Å². The highest BCUT2D eigenvalue weighted by Gasteiger charge is 2.42. The predicted molar refractivity (Wildman–Crippen MR) is 35.0 cm³/mol. The quantitative estimate of drug-likeness (QED) is 0.318. The first kappa shape index (κ1) is 9.56. The molecule has 5 unspecified atom stereocenters. The summed E-state index contributed by atoms with van der Waals surface area (Å²) in [6.07, 6.45) is -7.33. The summed E-state index contributed by atoms with van der Waals surface area (Å²) in [4.78, 5) is 10.2. The lowest BCUT2D eigenvalue weighted by Gasteiger charge is -2.35. The largest absolute Gasteiger partial charge is 0.387 e. The standard InChI is InChI=1S/C6H10O6/c7-1-2-3(8)4(9)5(10)6(11)12-2/h1-6,8-11H. The summed E-state index contributed by atoms with van der Waals surface area (Å²) >= 11 is 0. The van der Waals surface area contributed by atoms with Crippen LogP contribution >= 0.6 is 0 Å². The minimum absolute atomic E-state index is 0.253. The molecule has 0 aromatic rings. The van der Waals surface area contributed by atoms with Crippen molar-refractivity contribution in [2.75, 3.05) is 0 Å². The maximum Gasteiger partial charge on any atom is 0.184 e. The molecular formula is C6H10O6. The lowest BCUT2D eigenvalue weighted by Crippen LogP contribution is -2.57. The Labute approximate surface area is 68.0 Å². The fourth-order valence-electron chi connectivity index (χ4n) is 1.000. The zero-order chi connectivity index (χ0) is 9.30. The molecule has 1 saturated heterocycles. The zero-order valence-electron chi connectivity index (χ0n) is 6.07. The van der Waals surface area contributed by atoms with E-state index in [-0.39, 0.29) is 6.29 Å². The van der Waals surface area contributed by atoms with E-state index >= 15 is 0 Å². The molecule has 1 fully saturated rings. The fourth-order valence-corrected chi connectivity index (χ4v) is 1.000. The van der Waals surface area contributed by atoms with Crippen molar-refractivity contribution in [3.8, 4) is 0 Å². The van der Waals surface area contributed by atoms with E-state index < -0.39 is 30.7 Å². The average Bonchev–Trinajstić information content (AvgIpc) is 2.08. The summed E-state index contributed by atoms with van der Waals surface area (Å²) < 4.78 is 4.46. The topological polar surface area (TPSA) is 107 Å². The van der Waals surface area contributed by atoms with Gasteiger partial charge in [-0.1, -0.05) is 0 Å². The summed E-state index contributed by atoms with van der Waals surface area (Å²) in [6, 6.07) is 0. The van der Waals surface area contributed by atoms with E-state index in [4.69, 9.17) is 20.4 Å². The highest BCUT2D eigenvalue weighted by atomic mass is 16.6. The van der Waals surface area contributed by atoms with Gasteiger partial charge in [0.15, 0.2) is 12.6 Å². The van der Waals surface area contributed by atoms with Crippen LogP contribution in [0.15, 0.2) is 0 Å². The Morgan fingerprint density at radius 2 is 1.58 bits per heavy atom. The number of aldehydes is 1. The predicted octanol–water partition coefficient (Wildman–Crippen LogP) is -3.01. The molecular weight excluding hydrogens is 168 g/mol. The Bertz CT molecular complexity index is 171. The van der Waals surface area contributed by atoms with E-state index in [2.05, 4.69) is 4.74 Å². The summed E-state index contributed by atoms with van der Waals surface area (Å²) in [6.45, 7) is 0. The van der Waals surface area contributed by atoms with Gasteiger partial charge in [0.2, 0.25) is 0 Å². The molecule has 70 valence electrons. The molecule has 0 saturated carbocycles. The second-order valence-electron chi connectivity index (χ2n) is 2.60. The number of hydrogen-bond donors (Lipinski definition) is 4. The highest BCUT2D eigenvalue weighted by molar-refractivity contribution is 5.57. The number of carbonyl (C=O) groups is 1. The lowest BCUT2D eigenvalue weighted by atomic mass is 10.00. The minimum atomic E-state index is -1.64. The van der Waals surface area contributed by atoms with Crippen LogP contribution in [-0.2, 0) is 9.53 Å².